The molecule has 8 heteroatoms. The molecule has 0 unspecified atom stereocenters. The third-order valence-electron chi connectivity index (χ3n) is 6.36. The third kappa shape index (κ3) is 4.88. The predicted octanol–water partition coefficient (Wildman–Crippen LogP) is 3.40. The van der Waals surface area contributed by atoms with Gasteiger partial charge in [-0.25, -0.2) is 0 Å². The van der Waals surface area contributed by atoms with Crippen molar-refractivity contribution in [3.05, 3.63) is 65.9 Å². The number of ether oxygens (including phenoxy) is 3. The van der Waals surface area contributed by atoms with Gasteiger partial charge in [0.05, 0.1) is 25.5 Å². The number of nitrogens with zero attached hydrogens (tertiary/aromatic N) is 3. The monoisotopic (exact) mass is 477 g/mol. The van der Waals surface area contributed by atoms with Crippen molar-refractivity contribution >= 4 is 11.8 Å². The highest BCUT2D eigenvalue weighted by molar-refractivity contribution is 5.97. The van der Waals surface area contributed by atoms with Gasteiger partial charge in [-0.15, -0.1) is 0 Å². The van der Waals surface area contributed by atoms with E-state index in [1.807, 2.05) is 66.4 Å². The molecule has 1 aliphatic heterocycles. The summed E-state index contributed by atoms with van der Waals surface area (Å²) < 4.78 is 18.0. The number of methoxy groups -OCH3 is 3. The van der Waals surface area contributed by atoms with Crippen LogP contribution in [0.4, 0.5) is 0 Å². The molecule has 0 bridgehead atoms. The summed E-state index contributed by atoms with van der Waals surface area (Å²) in [6.45, 7) is 3.96. The number of aromatic nitrogens is 1. The average molecular weight is 478 g/mol. The van der Waals surface area contributed by atoms with E-state index in [-0.39, 0.29) is 18.4 Å². The Kier molecular flexibility index (Phi) is 7.41. The summed E-state index contributed by atoms with van der Waals surface area (Å²) in [6, 6.07) is 17.7. The fraction of sp³-hybridized carbons (Fsp3) is 0.333. The van der Waals surface area contributed by atoms with Crippen molar-refractivity contribution in [1.82, 2.24) is 14.4 Å². The van der Waals surface area contributed by atoms with Gasteiger partial charge in [-0.1, -0.05) is 30.3 Å². The second-order valence-corrected chi connectivity index (χ2v) is 8.38. The van der Waals surface area contributed by atoms with Crippen molar-refractivity contribution in [3.63, 3.8) is 0 Å². The summed E-state index contributed by atoms with van der Waals surface area (Å²) in [7, 11) is 4.72. The van der Waals surface area contributed by atoms with Gasteiger partial charge in [0.2, 0.25) is 5.91 Å². The number of carbonyl (C=O) groups excluding carboxylic acids is 2. The van der Waals surface area contributed by atoms with Gasteiger partial charge in [-0.05, 0) is 30.7 Å². The van der Waals surface area contributed by atoms with Crippen LogP contribution in [0.3, 0.4) is 0 Å². The van der Waals surface area contributed by atoms with Crippen molar-refractivity contribution in [1.29, 1.82) is 0 Å². The molecule has 0 radical (unpaired) electrons. The summed E-state index contributed by atoms with van der Waals surface area (Å²) in [5.41, 5.74) is 4.24. The normalized spacial score (nSPS) is 13.6. The number of piperazine rings is 1. The van der Waals surface area contributed by atoms with E-state index in [1.165, 1.54) is 7.11 Å². The minimum absolute atomic E-state index is 0.0438. The van der Waals surface area contributed by atoms with Crippen LogP contribution in [0.2, 0.25) is 0 Å². The fourth-order valence-electron chi connectivity index (χ4n) is 4.49. The molecule has 0 aliphatic carbocycles. The van der Waals surface area contributed by atoms with Crippen LogP contribution in [0.25, 0.3) is 16.9 Å². The lowest BCUT2D eigenvalue weighted by molar-refractivity contribution is -0.136. The molecule has 1 saturated heterocycles. The highest BCUT2D eigenvalue weighted by Crippen LogP contribution is 2.34. The summed E-state index contributed by atoms with van der Waals surface area (Å²) in [5.74, 6) is 1.15. The summed E-state index contributed by atoms with van der Waals surface area (Å²) in [6.07, 6.45) is 0. The summed E-state index contributed by atoms with van der Waals surface area (Å²) in [4.78, 5) is 29.3. The molecule has 0 N–H and O–H groups in total. The van der Waals surface area contributed by atoms with E-state index in [0.29, 0.717) is 43.2 Å². The molecular weight excluding hydrogens is 446 g/mol. The highest BCUT2D eigenvalue weighted by Gasteiger charge is 2.28. The standard InChI is InChI=1S/C27H31N3O5/c1-19-22(27(32)29-14-12-28(13-15-29)26(31)18-33-2)17-23(20-8-6-5-7-9-20)30(19)21-10-11-24(34-3)25(16-21)35-4/h5-11,16-17H,12-15,18H2,1-4H3. The van der Waals surface area contributed by atoms with Gasteiger partial charge >= 0.3 is 0 Å². The van der Waals surface area contributed by atoms with Gasteiger partial charge in [0.15, 0.2) is 11.5 Å². The molecule has 2 amide bonds. The van der Waals surface area contributed by atoms with Gasteiger partial charge in [0, 0.05) is 50.7 Å². The molecule has 184 valence electrons. The second-order valence-electron chi connectivity index (χ2n) is 8.38. The van der Waals surface area contributed by atoms with Gasteiger partial charge in [0.25, 0.3) is 5.91 Å². The molecule has 4 rings (SSSR count). The van der Waals surface area contributed by atoms with E-state index in [0.717, 1.165) is 22.6 Å². The quantitative estimate of drug-likeness (QED) is 0.522. The first-order valence-electron chi connectivity index (χ1n) is 11.5. The smallest absolute Gasteiger partial charge is 0.255 e. The zero-order valence-electron chi connectivity index (χ0n) is 20.6. The number of hydrogen-bond acceptors (Lipinski definition) is 5. The Morgan fingerprint density at radius 1 is 0.829 bits per heavy atom. The van der Waals surface area contributed by atoms with E-state index >= 15 is 0 Å². The van der Waals surface area contributed by atoms with Gasteiger partial charge in [-0.2, -0.15) is 0 Å². The van der Waals surface area contributed by atoms with E-state index < -0.39 is 0 Å². The SMILES string of the molecule is COCC(=O)N1CCN(C(=O)c2cc(-c3ccccc3)n(-c3ccc(OC)c(OC)c3)c2C)CC1. The molecule has 1 aromatic heterocycles. The zero-order chi connectivity index (χ0) is 24.9. The maximum absolute atomic E-state index is 13.6. The third-order valence-corrected chi connectivity index (χ3v) is 6.36. The average Bonchev–Trinajstić information content (AvgIpc) is 3.25. The molecule has 1 aliphatic rings. The molecular formula is C27H31N3O5. The first kappa shape index (κ1) is 24.3. The Balaban J connectivity index is 1.70. The second kappa shape index (κ2) is 10.7. The van der Waals surface area contributed by atoms with Crippen LogP contribution in [0.1, 0.15) is 16.1 Å². The number of carbonyl (C=O) groups is 2. The maximum Gasteiger partial charge on any atom is 0.255 e. The molecule has 3 aromatic rings. The summed E-state index contributed by atoms with van der Waals surface area (Å²) >= 11 is 0. The van der Waals surface area contributed by atoms with Gasteiger partial charge in [0.1, 0.15) is 6.61 Å². The molecule has 0 spiro atoms. The van der Waals surface area contributed by atoms with Crippen molar-refractivity contribution in [2.45, 2.75) is 6.92 Å². The van der Waals surface area contributed by atoms with Crippen LogP contribution >= 0.6 is 0 Å². The number of amides is 2. The number of hydrogen-bond donors (Lipinski definition) is 0. The van der Waals surface area contributed by atoms with Crippen molar-refractivity contribution in [2.24, 2.45) is 0 Å². The van der Waals surface area contributed by atoms with Crippen LogP contribution in [0, 0.1) is 6.92 Å². The fourth-order valence-corrected chi connectivity index (χ4v) is 4.49. The molecule has 2 heterocycles. The van der Waals surface area contributed by atoms with Crippen LogP contribution in [-0.2, 0) is 9.53 Å². The Morgan fingerprint density at radius 3 is 2.11 bits per heavy atom. The lowest BCUT2D eigenvalue weighted by Gasteiger charge is -2.34. The maximum atomic E-state index is 13.6. The summed E-state index contributed by atoms with van der Waals surface area (Å²) in [5, 5.41) is 0. The van der Waals surface area contributed by atoms with Gasteiger partial charge in [-0.3, -0.25) is 9.59 Å². The lowest BCUT2D eigenvalue weighted by Crippen LogP contribution is -2.51. The van der Waals surface area contributed by atoms with E-state index in [4.69, 9.17) is 14.2 Å². The first-order valence-corrected chi connectivity index (χ1v) is 11.5. The van der Waals surface area contributed by atoms with E-state index in [9.17, 15) is 9.59 Å². The molecule has 1 fully saturated rings. The Labute approximate surface area is 205 Å². The zero-order valence-corrected chi connectivity index (χ0v) is 20.6. The van der Waals surface area contributed by atoms with Gasteiger partial charge < -0.3 is 28.6 Å². The van der Waals surface area contributed by atoms with Crippen molar-refractivity contribution < 1.29 is 23.8 Å². The lowest BCUT2D eigenvalue weighted by atomic mass is 10.1. The number of rotatable bonds is 7. The molecule has 35 heavy (non-hydrogen) atoms. The van der Waals surface area contributed by atoms with E-state index in [2.05, 4.69) is 4.57 Å². The predicted molar refractivity (Wildman–Crippen MR) is 133 cm³/mol. The van der Waals surface area contributed by atoms with Crippen molar-refractivity contribution in [3.8, 4) is 28.4 Å². The molecule has 0 atom stereocenters. The largest absolute Gasteiger partial charge is 0.493 e. The van der Waals surface area contributed by atoms with Crippen LogP contribution in [0.5, 0.6) is 11.5 Å². The van der Waals surface area contributed by atoms with Crippen molar-refractivity contribution in [2.75, 3.05) is 54.1 Å². The molecule has 2 aromatic carbocycles. The van der Waals surface area contributed by atoms with Crippen LogP contribution in [-0.4, -0.2) is 80.3 Å². The first-order chi connectivity index (χ1) is 17.0. The van der Waals surface area contributed by atoms with Crippen LogP contribution < -0.4 is 9.47 Å². The minimum Gasteiger partial charge on any atom is -0.493 e. The Morgan fingerprint density at radius 2 is 1.49 bits per heavy atom. The minimum atomic E-state index is -0.0539. The molecule has 0 saturated carbocycles. The van der Waals surface area contributed by atoms with E-state index in [1.54, 1.807) is 19.1 Å². The highest BCUT2D eigenvalue weighted by atomic mass is 16.5. The Bertz CT molecular complexity index is 1200. The Hall–Kier alpha value is -3.78. The molecule has 8 nitrogen and oxygen atoms in total. The number of benzene rings is 2. The topological polar surface area (TPSA) is 73.2 Å². The van der Waals surface area contributed by atoms with Crippen LogP contribution in [0.15, 0.2) is 54.6 Å².